The molecular formula is C20H19ClN4O4S2. The summed E-state index contributed by atoms with van der Waals surface area (Å²) in [6.45, 7) is 5.57. The Bertz CT molecular complexity index is 1320. The van der Waals surface area contributed by atoms with Gasteiger partial charge in [-0.2, -0.15) is 0 Å². The lowest BCUT2D eigenvalue weighted by Gasteiger charge is -2.15. The third-order valence-corrected chi connectivity index (χ3v) is 6.55. The smallest absolute Gasteiger partial charge is 0.262 e. The maximum atomic E-state index is 12.9. The lowest BCUT2D eigenvalue weighted by Crippen LogP contribution is -2.26. The maximum absolute atomic E-state index is 12.9. The summed E-state index contributed by atoms with van der Waals surface area (Å²) in [5.41, 5.74) is 0.610. The number of fused-ring (bicyclic) bond motifs is 1. The fourth-order valence-corrected chi connectivity index (χ4v) is 4.34. The van der Waals surface area contributed by atoms with Crippen molar-refractivity contribution in [3.63, 3.8) is 0 Å². The fraction of sp³-hybridized carbons (Fsp3) is 0.150. The van der Waals surface area contributed by atoms with Gasteiger partial charge < -0.3 is 5.32 Å². The Kier molecular flexibility index (Phi) is 6.85. The minimum Gasteiger partial charge on any atom is -0.325 e. The average Bonchev–Trinajstić information content (AvgIpc) is 2.71. The lowest BCUT2D eigenvalue weighted by atomic mass is 10.2. The summed E-state index contributed by atoms with van der Waals surface area (Å²) < 4.78 is 24.1. The zero-order valence-electron chi connectivity index (χ0n) is 16.4. The molecule has 3 N–H and O–H groups in total. The predicted molar refractivity (Wildman–Crippen MR) is 123 cm³/mol. The maximum Gasteiger partial charge on any atom is 0.262 e. The summed E-state index contributed by atoms with van der Waals surface area (Å²) in [4.78, 5) is 30.0. The number of halogens is 1. The van der Waals surface area contributed by atoms with Gasteiger partial charge in [0.05, 0.1) is 21.0 Å². The number of thioether (sulfide) groups is 1. The number of primary sulfonamides is 1. The first-order valence-electron chi connectivity index (χ1n) is 9.01. The molecule has 11 heteroatoms. The topological polar surface area (TPSA) is 124 Å². The van der Waals surface area contributed by atoms with Gasteiger partial charge in [-0.05, 0) is 49.4 Å². The van der Waals surface area contributed by atoms with E-state index in [1.54, 1.807) is 31.2 Å². The Morgan fingerprint density at radius 3 is 2.61 bits per heavy atom. The van der Waals surface area contributed by atoms with Gasteiger partial charge in [0.25, 0.3) is 5.56 Å². The number of allylic oxidation sites excluding steroid dienone is 1. The van der Waals surface area contributed by atoms with Crippen LogP contribution in [0.4, 0.5) is 5.69 Å². The number of amides is 1. The first-order chi connectivity index (χ1) is 14.6. The van der Waals surface area contributed by atoms with Gasteiger partial charge in [0.1, 0.15) is 0 Å². The van der Waals surface area contributed by atoms with Crippen LogP contribution in [0.2, 0.25) is 5.02 Å². The highest BCUT2D eigenvalue weighted by molar-refractivity contribution is 8.00. The molecule has 0 aliphatic carbocycles. The van der Waals surface area contributed by atoms with Crippen LogP contribution in [-0.2, 0) is 21.4 Å². The van der Waals surface area contributed by atoms with Crippen molar-refractivity contribution in [2.45, 2.75) is 28.8 Å². The van der Waals surface area contributed by atoms with E-state index >= 15 is 0 Å². The summed E-state index contributed by atoms with van der Waals surface area (Å²) >= 11 is 7.12. The van der Waals surface area contributed by atoms with Crippen LogP contribution in [0, 0.1) is 0 Å². The molecule has 2 aromatic carbocycles. The lowest BCUT2D eigenvalue weighted by molar-refractivity contribution is -0.115. The minimum atomic E-state index is -3.81. The van der Waals surface area contributed by atoms with Crippen LogP contribution in [0.3, 0.4) is 0 Å². The zero-order chi connectivity index (χ0) is 22.8. The third kappa shape index (κ3) is 5.34. The molecule has 0 fully saturated rings. The Morgan fingerprint density at radius 2 is 2.00 bits per heavy atom. The monoisotopic (exact) mass is 478 g/mol. The van der Waals surface area contributed by atoms with E-state index < -0.39 is 15.3 Å². The van der Waals surface area contributed by atoms with E-state index in [1.165, 1.54) is 28.8 Å². The molecule has 0 bridgehead atoms. The molecule has 0 radical (unpaired) electrons. The second-order valence-corrected chi connectivity index (χ2v) is 9.88. The number of carbonyl (C=O) groups is 1. The molecule has 31 heavy (non-hydrogen) atoms. The number of rotatable bonds is 7. The molecule has 0 saturated heterocycles. The number of aromatic nitrogens is 2. The molecule has 0 aliphatic rings. The van der Waals surface area contributed by atoms with E-state index in [1.807, 2.05) is 0 Å². The molecule has 1 atom stereocenters. The molecule has 0 aliphatic heterocycles. The number of benzene rings is 2. The van der Waals surface area contributed by atoms with Crippen molar-refractivity contribution in [2.75, 3.05) is 5.32 Å². The molecule has 0 saturated carbocycles. The van der Waals surface area contributed by atoms with E-state index in [0.717, 1.165) is 11.8 Å². The largest absolute Gasteiger partial charge is 0.325 e. The van der Waals surface area contributed by atoms with Crippen molar-refractivity contribution in [1.82, 2.24) is 9.55 Å². The molecule has 162 valence electrons. The van der Waals surface area contributed by atoms with Crippen LogP contribution in [0.15, 0.2) is 70.0 Å². The Hall–Kier alpha value is -2.66. The van der Waals surface area contributed by atoms with Crippen molar-refractivity contribution < 1.29 is 13.2 Å². The van der Waals surface area contributed by atoms with Crippen LogP contribution in [0.5, 0.6) is 0 Å². The van der Waals surface area contributed by atoms with Crippen molar-refractivity contribution >= 4 is 55.9 Å². The van der Waals surface area contributed by atoms with E-state index in [2.05, 4.69) is 16.9 Å². The van der Waals surface area contributed by atoms with Gasteiger partial charge in [-0.1, -0.05) is 29.4 Å². The SMILES string of the molecule is C=CCn1c(S[C@H](C)C(=O)Nc2ccc(S(N)(=O)=O)cc2)nc2ccc(Cl)cc2c1=O. The number of anilines is 1. The third-order valence-electron chi connectivity index (χ3n) is 4.29. The number of nitrogens with two attached hydrogens (primary N) is 1. The number of sulfonamides is 1. The second kappa shape index (κ2) is 9.23. The van der Waals surface area contributed by atoms with Gasteiger partial charge in [-0.3, -0.25) is 14.2 Å². The summed E-state index contributed by atoms with van der Waals surface area (Å²) in [5, 5.41) is 8.35. The predicted octanol–water partition coefficient (Wildman–Crippen LogP) is 3.00. The van der Waals surface area contributed by atoms with Gasteiger partial charge in [0.15, 0.2) is 5.16 Å². The number of hydrogen-bond donors (Lipinski definition) is 2. The van der Waals surface area contributed by atoms with Crippen LogP contribution >= 0.6 is 23.4 Å². The van der Waals surface area contributed by atoms with E-state index in [9.17, 15) is 18.0 Å². The molecular weight excluding hydrogens is 460 g/mol. The molecule has 3 aromatic rings. The van der Waals surface area contributed by atoms with Gasteiger partial charge in [0, 0.05) is 17.3 Å². The van der Waals surface area contributed by atoms with Gasteiger partial charge in [-0.25, -0.2) is 18.5 Å². The molecule has 1 aromatic heterocycles. The molecule has 1 amide bonds. The van der Waals surface area contributed by atoms with Crippen LogP contribution in [0.1, 0.15) is 6.92 Å². The normalized spacial score (nSPS) is 12.5. The van der Waals surface area contributed by atoms with Crippen LogP contribution < -0.4 is 16.0 Å². The molecule has 0 spiro atoms. The van der Waals surface area contributed by atoms with Gasteiger partial charge in [0.2, 0.25) is 15.9 Å². The number of nitrogens with one attached hydrogen (secondary N) is 1. The quantitative estimate of drug-likeness (QED) is 0.305. The van der Waals surface area contributed by atoms with E-state index in [-0.39, 0.29) is 22.9 Å². The van der Waals surface area contributed by atoms with Crippen molar-refractivity contribution in [1.29, 1.82) is 0 Å². The van der Waals surface area contributed by atoms with E-state index in [0.29, 0.717) is 26.8 Å². The van der Waals surface area contributed by atoms with Crippen molar-refractivity contribution in [3.05, 3.63) is 70.5 Å². The summed E-state index contributed by atoms with van der Waals surface area (Å²) in [6, 6.07) is 10.4. The molecule has 8 nitrogen and oxygen atoms in total. The summed E-state index contributed by atoms with van der Waals surface area (Å²) in [7, 11) is -3.81. The van der Waals surface area contributed by atoms with E-state index in [4.69, 9.17) is 16.7 Å². The minimum absolute atomic E-state index is 0.0539. The highest BCUT2D eigenvalue weighted by Gasteiger charge is 2.20. The Labute approximate surface area is 188 Å². The van der Waals surface area contributed by atoms with Crippen molar-refractivity contribution in [3.8, 4) is 0 Å². The Morgan fingerprint density at radius 1 is 1.32 bits per heavy atom. The first-order valence-corrected chi connectivity index (χ1v) is 11.8. The standard InChI is InChI=1S/C20H19ClN4O4S2/c1-3-10-25-19(27)16-11-13(21)4-9-17(16)24-20(25)30-12(2)18(26)23-14-5-7-15(8-6-14)31(22,28)29/h3-9,11-12H,1,10H2,2H3,(H,23,26)(H2,22,28,29)/t12-/m1/s1. The van der Waals surface area contributed by atoms with Crippen LogP contribution in [-0.4, -0.2) is 29.1 Å². The zero-order valence-corrected chi connectivity index (χ0v) is 18.8. The Balaban J connectivity index is 1.85. The van der Waals surface area contributed by atoms with Gasteiger partial charge >= 0.3 is 0 Å². The first kappa shape index (κ1) is 23.0. The molecule has 3 rings (SSSR count). The second-order valence-electron chi connectivity index (χ2n) is 6.58. The van der Waals surface area contributed by atoms with Crippen molar-refractivity contribution in [2.24, 2.45) is 5.14 Å². The fourth-order valence-electron chi connectivity index (χ4n) is 2.74. The highest BCUT2D eigenvalue weighted by atomic mass is 35.5. The molecule has 0 unspecified atom stereocenters. The highest BCUT2D eigenvalue weighted by Crippen LogP contribution is 2.25. The van der Waals surface area contributed by atoms with Crippen LogP contribution in [0.25, 0.3) is 10.9 Å². The number of carbonyl (C=O) groups excluding carboxylic acids is 1. The molecule has 1 heterocycles. The van der Waals surface area contributed by atoms with Gasteiger partial charge in [-0.15, -0.1) is 6.58 Å². The number of hydrogen-bond acceptors (Lipinski definition) is 6. The average molecular weight is 479 g/mol. The summed E-state index contributed by atoms with van der Waals surface area (Å²) in [5.74, 6) is -0.344. The number of nitrogens with zero attached hydrogens (tertiary/aromatic N) is 2. The summed E-state index contributed by atoms with van der Waals surface area (Å²) in [6.07, 6.45) is 1.57.